The zero-order valence-corrected chi connectivity index (χ0v) is 4.86. The zero-order valence-electron chi connectivity index (χ0n) is 3.28. The molecule has 0 rings (SSSR count). The Balaban J connectivity index is 2.49. The number of carbonyl (C=O) groups is 1. The molecule has 0 aromatic heterocycles. The summed E-state index contributed by atoms with van der Waals surface area (Å²) in [6.45, 7) is 0.712. The molecule has 0 aliphatic rings. The highest BCUT2D eigenvalue weighted by Crippen LogP contribution is 1.70. The van der Waals surface area contributed by atoms with Gasteiger partial charge in [-0.3, -0.25) is 4.79 Å². The van der Waals surface area contributed by atoms with E-state index in [1.54, 1.807) is 0 Å². The zero-order chi connectivity index (χ0) is 4.83. The van der Waals surface area contributed by atoms with Gasteiger partial charge in [0.25, 0.3) is 0 Å². The highest BCUT2D eigenvalue weighted by Gasteiger charge is 1.71. The second kappa shape index (κ2) is 4.95. The topological polar surface area (TPSA) is 29.1 Å². The predicted molar refractivity (Wildman–Crippen MR) is 27.9 cm³/mol. The molecule has 0 bridgehead atoms. The average molecular weight is 152 g/mol. The van der Waals surface area contributed by atoms with Crippen LogP contribution in [0.3, 0.4) is 0 Å². The molecule has 36 valence electrons. The van der Waals surface area contributed by atoms with Gasteiger partial charge in [-0.1, -0.05) is 15.9 Å². The summed E-state index contributed by atoms with van der Waals surface area (Å²) in [5.41, 5.74) is 0. The largest absolute Gasteiger partial charge is 0.358 e. The Kier molecular flexibility index (Phi) is 4.91. The van der Waals surface area contributed by atoms with Crippen molar-refractivity contribution in [2.24, 2.45) is 0 Å². The lowest BCUT2D eigenvalue weighted by atomic mass is 10.8. The van der Waals surface area contributed by atoms with Gasteiger partial charge in [0, 0.05) is 11.9 Å². The summed E-state index contributed by atoms with van der Waals surface area (Å²) in [6.07, 6.45) is 0.682. The Bertz CT molecular complexity index is 39.8. The number of alkyl halides is 1. The Hall–Kier alpha value is -0.0500. The molecule has 0 aliphatic carbocycles. The molecule has 0 aliphatic heterocycles. The summed E-state index contributed by atoms with van der Waals surface area (Å²) in [5, 5.41) is 3.30. The summed E-state index contributed by atoms with van der Waals surface area (Å²) >= 11 is 3.13. The molecule has 2 nitrogen and oxygen atoms in total. The van der Waals surface area contributed by atoms with Crippen LogP contribution in [0.25, 0.3) is 0 Å². The molecule has 0 saturated heterocycles. The quantitative estimate of drug-likeness (QED) is 0.347. The molecule has 1 N–H and O–H groups in total. The third kappa shape index (κ3) is 3.95. The highest BCUT2D eigenvalue weighted by molar-refractivity contribution is 9.09. The van der Waals surface area contributed by atoms with Gasteiger partial charge in [0.05, 0.1) is 0 Å². The van der Waals surface area contributed by atoms with Crippen molar-refractivity contribution in [1.82, 2.24) is 5.32 Å². The van der Waals surface area contributed by atoms with Crippen LogP contribution in [0.15, 0.2) is 0 Å². The minimum atomic E-state index is 0.682. The maximum Gasteiger partial charge on any atom is 0.207 e. The monoisotopic (exact) mass is 151 g/mol. The molecule has 0 unspecified atom stereocenters. The summed E-state index contributed by atoms with van der Waals surface area (Å²) in [5.74, 6) is 0. The fraction of sp³-hybridized carbons (Fsp3) is 0.667. The molecule has 0 radical (unpaired) electrons. The molecule has 0 saturated carbocycles. The van der Waals surface area contributed by atoms with Crippen molar-refractivity contribution in [2.45, 2.75) is 0 Å². The van der Waals surface area contributed by atoms with E-state index in [1.807, 2.05) is 0 Å². The van der Waals surface area contributed by atoms with Gasteiger partial charge < -0.3 is 5.32 Å². The molecule has 0 atom stereocenters. The standard InChI is InChI=1S/C3H6BrNO/c4-1-2-5-3-6/h3H,1-2H2,(H,5,6). The van der Waals surface area contributed by atoms with E-state index in [-0.39, 0.29) is 0 Å². The van der Waals surface area contributed by atoms with Crippen molar-refractivity contribution >= 4 is 22.3 Å². The average Bonchev–Trinajstić information content (AvgIpc) is 1.61. The summed E-state index contributed by atoms with van der Waals surface area (Å²) < 4.78 is 0. The van der Waals surface area contributed by atoms with Crippen molar-refractivity contribution in [3.8, 4) is 0 Å². The van der Waals surface area contributed by atoms with Gasteiger partial charge in [-0.25, -0.2) is 0 Å². The van der Waals surface area contributed by atoms with E-state index in [1.165, 1.54) is 0 Å². The molecule has 0 heterocycles. The molecule has 6 heavy (non-hydrogen) atoms. The third-order valence-electron chi connectivity index (χ3n) is 0.322. The van der Waals surface area contributed by atoms with Crippen molar-refractivity contribution in [3.05, 3.63) is 0 Å². The minimum Gasteiger partial charge on any atom is -0.358 e. The minimum absolute atomic E-state index is 0.682. The van der Waals surface area contributed by atoms with Gasteiger partial charge >= 0.3 is 0 Å². The lowest BCUT2D eigenvalue weighted by molar-refractivity contribution is -0.109. The molecule has 0 aromatic carbocycles. The van der Waals surface area contributed by atoms with Crippen molar-refractivity contribution in [3.63, 3.8) is 0 Å². The van der Waals surface area contributed by atoms with Crippen LogP contribution in [0.1, 0.15) is 0 Å². The summed E-state index contributed by atoms with van der Waals surface area (Å²) in [4.78, 5) is 9.43. The Labute approximate surface area is 45.0 Å². The van der Waals surface area contributed by atoms with E-state index in [0.29, 0.717) is 13.0 Å². The lowest BCUT2D eigenvalue weighted by Crippen LogP contribution is -2.12. The van der Waals surface area contributed by atoms with Gasteiger partial charge in [0.15, 0.2) is 0 Å². The molecule has 3 heteroatoms. The Morgan fingerprint density at radius 2 is 2.50 bits per heavy atom. The lowest BCUT2D eigenvalue weighted by Gasteiger charge is -1.84. The van der Waals surface area contributed by atoms with Crippen molar-refractivity contribution < 1.29 is 4.79 Å². The van der Waals surface area contributed by atoms with E-state index in [0.717, 1.165) is 5.33 Å². The van der Waals surface area contributed by atoms with Crippen LogP contribution in [-0.2, 0) is 4.79 Å². The number of nitrogens with one attached hydrogen (secondary N) is 1. The van der Waals surface area contributed by atoms with Crippen LogP contribution < -0.4 is 5.32 Å². The van der Waals surface area contributed by atoms with Crippen LogP contribution >= 0.6 is 15.9 Å². The first kappa shape index (κ1) is 5.95. The Morgan fingerprint density at radius 1 is 1.83 bits per heavy atom. The van der Waals surface area contributed by atoms with Gasteiger partial charge in [0.2, 0.25) is 6.41 Å². The number of carbonyl (C=O) groups excluding carboxylic acids is 1. The molecular weight excluding hydrogens is 146 g/mol. The first-order valence-electron chi connectivity index (χ1n) is 1.65. The van der Waals surface area contributed by atoms with Crippen LogP contribution in [-0.4, -0.2) is 18.3 Å². The van der Waals surface area contributed by atoms with E-state index < -0.39 is 0 Å². The number of hydrogen-bond acceptors (Lipinski definition) is 1. The second-order valence-corrected chi connectivity index (χ2v) is 1.55. The third-order valence-corrected chi connectivity index (χ3v) is 0.719. The summed E-state index contributed by atoms with van der Waals surface area (Å²) in [7, 11) is 0. The highest BCUT2D eigenvalue weighted by atomic mass is 79.9. The van der Waals surface area contributed by atoms with Gasteiger partial charge in [-0.2, -0.15) is 0 Å². The van der Waals surface area contributed by atoms with E-state index in [4.69, 9.17) is 0 Å². The van der Waals surface area contributed by atoms with Crippen LogP contribution in [0.4, 0.5) is 0 Å². The van der Waals surface area contributed by atoms with Crippen molar-refractivity contribution in [2.75, 3.05) is 11.9 Å². The molecular formula is C3H6BrNO. The van der Waals surface area contributed by atoms with Crippen molar-refractivity contribution in [1.29, 1.82) is 0 Å². The first-order chi connectivity index (χ1) is 2.91. The van der Waals surface area contributed by atoms with Crippen LogP contribution in [0, 0.1) is 0 Å². The Morgan fingerprint density at radius 3 is 2.67 bits per heavy atom. The number of hydrogen-bond donors (Lipinski definition) is 1. The van der Waals surface area contributed by atoms with E-state index >= 15 is 0 Å². The van der Waals surface area contributed by atoms with Gasteiger partial charge in [-0.05, 0) is 0 Å². The summed E-state index contributed by atoms with van der Waals surface area (Å²) in [6, 6.07) is 0. The maximum absolute atomic E-state index is 9.43. The number of rotatable bonds is 3. The molecule has 0 fully saturated rings. The van der Waals surface area contributed by atoms with Crippen LogP contribution in [0.5, 0.6) is 0 Å². The second-order valence-electron chi connectivity index (χ2n) is 0.761. The SMILES string of the molecule is O=CNCCBr. The predicted octanol–water partition coefficient (Wildman–Crippen LogP) is 0.127. The number of halogens is 1. The normalized spacial score (nSPS) is 7.50. The molecule has 0 spiro atoms. The smallest absolute Gasteiger partial charge is 0.207 e. The van der Waals surface area contributed by atoms with Crippen LogP contribution in [0.2, 0.25) is 0 Å². The van der Waals surface area contributed by atoms with E-state index in [9.17, 15) is 4.79 Å². The number of amides is 1. The van der Waals surface area contributed by atoms with Gasteiger partial charge in [0.1, 0.15) is 0 Å². The maximum atomic E-state index is 9.43. The first-order valence-corrected chi connectivity index (χ1v) is 2.77. The molecule has 1 amide bonds. The fourth-order valence-electron chi connectivity index (χ4n) is 0.113. The fourth-order valence-corrected chi connectivity index (χ4v) is 0.342. The van der Waals surface area contributed by atoms with Gasteiger partial charge in [-0.15, -0.1) is 0 Å². The van der Waals surface area contributed by atoms with E-state index in [2.05, 4.69) is 21.2 Å². The molecule has 0 aromatic rings.